The molecule has 0 saturated carbocycles. The zero-order valence-electron chi connectivity index (χ0n) is 5.35. The maximum atomic E-state index is 5.78. The van der Waals surface area contributed by atoms with Crippen LogP contribution in [0, 0.1) is 0 Å². The Hall–Kier alpha value is 0.500. The van der Waals surface area contributed by atoms with Gasteiger partial charge in [0.1, 0.15) is 0 Å². The molecule has 0 aliphatic carbocycles. The Morgan fingerprint density at radius 1 is 1.33 bits per heavy atom. The van der Waals surface area contributed by atoms with Gasteiger partial charge in [-0.1, -0.05) is 0 Å². The van der Waals surface area contributed by atoms with Gasteiger partial charge in [0, 0.05) is 25.7 Å². The van der Waals surface area contributed by atoms with Crippen LogP contribution in [-0.2, 0) is 0 Å². The van der Waals surface area contributed by atoms with E-state index in [1.165, 1.54) is 0 Å². The van der Waals surface area contributed by atoms with Crippen molar-refractivity contribution >= 4 is 23.6 Å². The minimum Gasteiger partial charge on any atom is -0.217 e. The van der Waals surface area contributed by atoms with Crippen LogP contribution in [0.15, 0.2) is 0 Å². The standard InChI is InChI=1S/C5H10Cl2N2/c1-5-4-8(6)2-3-9(5)7/h5H,2-4H2,1H3. The second-order valence-electron chi connectivity index (χ2n) is 2.34. The highest BCUT2D eigenvalue weighted by Gasteiger charge is 2.20. The minimum atomic E-state index is 0.373. The van der Waals surface area contributed by atoms with Gasteiger partial charge < -0.3 is 0 Å². The molecule has 1 aliphatic heterocycles. The van der Waals surface area contributed by atoms with E-state index in [1.54, 1.807) is 8.84 Å². The Kier molecular flexibility index (Phi) is 2.59. The van der Waals surface area contributed by atoms with Gasteiger partial charge >= 0.3 is 0 Å². The lowest BCUT2D eigenvalue weighted by molar-refractivity contribution is 0.225. The fourth-order valence-electron chi connectivity index (χ4n) is 0.891. The molecule has 1 fully saturated rings. The Bertz CT molecular complexity index is 99.0. The Morgan fingerprint density at radius 3 is 2.44 bits per heavy atom. The van der Waals surface area contributed by atoms with Crippen LogP contribution in [0.5, 0.6) is 0 Å². The SMILES string of the molecule is CC1CN(Cl)CCN1Cl. The summed E-state index contributed by atoms with van der Waals surface area (Å²) in [5.41, 5.74) is 0. The second kappa shape index (κ2) is 3.06. The van der Waals surface area contributed by atoms with Crippen LogP contribution >= 0.6 is 23.6 Å². The lowest BCUT2D eigenvalue weighted by atomic mass is 10.3. The molecule has 54 valence electrons. The highest BCUT2D eigenvalue weighted by molar-refractivity contribution is 6.15. The molecule has 9 heavy (non-hydrogen) atoms. The molecule has 0 N–H and O–H groups in total. The van der Waals surface area contributed by atoms with Gasteiger partial charge in [-0.05, 0) is 30.5 Å². The molecule has 1 unspecified atom stereocenters. The van der Waals surface area contributed by atoms with Crippen LogP contribution in [0.1, 0.15) is 6.92 Å². The normalized spacial score (nSPS) is 33.0. The van der Waals surface area contributed by atoms with Crippen LogP contribution in [0.4, 0.5) is 0 Å². The van der Waals surface area contributed by atoms with Crippen molar-refractivity contribution in [3.63, 3.8) is 0 Å². The molecule has 1 aliphatic rings. The summed E-state index contributed by atoms with van der Waals surface area (Å²) in [6.45, 7) is 4.62. The summed E-state index contributed by atoms with van der Waals surface area (Å²) < 4.78 is 3.56. The van der Waals surface area contributed by atoms with Gasteiger partial charge in [-0.3, -0.25) is 0 Å². The molecular formula is C5H10Cl2N2. The average molecular weight is 169 g/mol. The first-order valence-electron chi connectivity index (χ1n) is 3.03. The number of hydrogen-bond acceptors (Lipinski definition) is 2. The van der Waals surface area contributed by atoms with Gasteiger partial charge in [0.15, 0.2) is 0 Å². The van der Waals surface area contributed by atoms with Gasteiger partial charge in [-0.15, -0.1) is 0 Å². The second-order valence-corrected chi connectivity index (χ2v) is 3.25. The molecule has 0 amide bonds. The highest BCUT2D eigenvalue weighted by atomic mass is 35.5. The predicted octanol–water partition coefficient (Wildman–Crippen LogP) is 1.30. The van der Waals surface area contributed by atoms with Crippen LogP contribution in [0.3, 0.4) is 0 Å². The fourth-order valence-corrected chi connectivity index (χ4v) is 1.30. The van der Waals surface area contributed by atoms with E-state index in [2.05, 4.69) is 6.92 Å². The monoisotopic (exact) mass is 168 g/mol. The Morgan fingerprint density at radius 2 is 2.00 bits per heavy atom. The first-order chi connectivity index (χ1) is 4.20. The van der Waals surface area contributed by atoms with Gasteiger partial charge in [-0.25, -0.2) is 8.84 Å². The van der Waals surface area contributed by atoms with E-state index in [4.69, 9.17) is 23.6 Å². The van der Waals surface area contributed by atoms with Gasteiger partial charge in [-0.2, -0.15) is 0 Å². The van der Waals surface area contributed by atoms with Crippen molar-refractivity contribution in [1.82, 2.24) is 8.84 Å². The van der Waals surface area contributed by atoms with Gasteiger partial charge in [0.05, 0.1) is 0 Å². The summed E-state index contributed by atoms with van der Waals surface area (Å²) in [6.07, 6.45) is 0. The zero-order chi connectivity index (χ0) is 6.85. The van der Waals surface area contributed by atoms with E-state index >= 15 is 0 Å². The summed E-state index contributed by atoms with van der Waals surface area (Å²) in [6, 6.07) is 0.373. The van der Waals surface area contributed by atoms with Crippen molar-refractivity contribution in [2.24, 2.45) is 0 Å². The summed E-state index contributed by atoms with van der Waals surface area (Å²) in [4.78, 5) is 0. The summed E-state index contributed by atoms with van der Waals surface area (Å²) in [5.74, 6) is 0. The van der Waals surface area contributed by atoms with E-state index < -0.39 is 0 Å². The molecule has 4 heteroatoms. The average Bonchev–Trinajstić information content (AvgIpc) is 1.80. The number of piperazine rings is 1. The molecule has 1 atom stereocenters. The van der Waals surface area contributed by atoms with Crippen molar-refractivity contribution in [3.8, 4) is 0 Å². The molecule has 1 saturated heterocycles. The first-order valence-corrected chi connectivity index (χ1v) is 3.71. The van der Waals surface area contributed by atoms with Gasteiger partial charge in [0.25, 0.3) is 0 Å². The third-order valence-corrected chi connectivity index (χ3v) is 2.31. The maximum absolute atomic E-state index is 5.78. The van der Waals surface area contributed by atoms with Crippen molar-refractivity contribution < 1.29 is 0 Å². The maximum Gasteiger partial charge on any atom is 0.0364 e. The molecular weight excluding hydrogens is 159 g/mol. The summed E-state index contributed by atoms with van der Waals surface area (Å²) >= 11 is 11.5. The van der Waals surface area contributed by atoms with Crippen molar-refractivity contribution in [2.45, 2.75) is 13.0 Å². The summed E-state index contributed by atoms with van der Waals surface area (Å²) in [5, 5.41) is 0. The topological polar surface area (TPSA) is 6.48 Å². The Labute approximate surface area is 65.5 Å². The zero-order valence-corrected chi connectivity index (χ0v) is 6.86. The lowest BCUT2D eigenvalue weighted by Crippen LogP contribution is -2.43. The molecule has 1 rings (SSSR count). The molecule has 0 bridgehead atoms. The lowest BCUT2D eigenvalue weighted by Gasteiger charge is -2.31. The number of nitrogens with zero attached hydrogens (tertiary/aromatic N) is 2. The van der Waals surface area contributed by atoms with Crippen molar-refractivity contribution in [3.05, 3.63) is 0 Å². The van der Waals surface area contributed by atoms with E-state index in [1.807, 2.05) is 0 Å². The molecule has 0 aromatic heterocycles. The van der Waals surface area contributed by atoms with Crippen molar-refractivity contribution in [2.75, 3.05) is 19.6 Å². The molecule has 0 aromatic carbocycles. The highest BCUT2D eigenvalue weighted by Crippen LogP contribution is 2.12. The third-order valence-electron chi connectivity index (χ3n) is 1.50. The molecule has 0 aromatic rings. The van der Waals surface area contributed by atoms with E-state index in [0.717, 1.165) is 19.6 Å². The Balaban J connectivity index is 2.35. The number of halogens is 2. The van der Waals surface area contributed by atoms with Crippen molar-refractivity contribution in [1.29, 1.82) is 0 Å². The summed E-state index contributed by atoms with van der Waals surface area (Å²) in [7, 11) is 0. The largest absolute Gasteiger partial charge is 0.217 e. The van der Waals surface area contributed by atoms with E-state index in [9.17, 15) is 0 Å². The smallest absolute Gasteiger partial charge is 0.0364 e. The minimum absolute atomic E-state index is 0.373. The predicted molar refractivity (Wildman–Crippen MR) is 39.4 cm³/mol. The fraction of sp³-hybridized carbons (Fsp3) is 1.00. The van der Waals surface area contributed by atoms with E-state index in [0.29, 0.717) is 6.04 Å². The van der Waals surface area contributed by atoms with Crippen LogP contribution < -0.4 is 0 Å². The molecule has 2 nitrogen and oxygen atoms in total. The van der Waals surface area contributed by atoms with Crippen LogP contribution in [0.2, 0.25) is 0 Å². The molecule has 0 radical (unpaired) electrons. The number of hydrogen-bond donors (Lipinski definition) is 0. The number of rotatable bonds is 0. The molecule has 1 heterocycles. The van der Waals surface area contributed by atoms with Crippen LogP contribution in [0.25, 0.3) is 0 Å². The molecule has 0 spiro atoms. The van der Waals surface area contributed by atoms with E-state index in [-0.39, 0.29) is 0 Å². The van der Waals surface area contributed by atoms with Gasteiger partial charge in [0.2, 0.25) is 0 Å². The van der Waals surface area contributed by atoms with Crippen LogP contribution in [-0.4, -0.2) is 34.5 Å². The first kappa shape index (κ1) is 7.61. The quantitative estimate of drug-likeness (QED) is 0.504. The third kappa shape index (κ3) is 1.97.